The first kappa shape index (κ1) is 15.0. The predicted octanol–water partition coefficient (Wildman–Crippen LogP) is 3.82. The quantitative estimate of drug-likeness (QED) is 0.454. The molecular formula is C17H14IN3OS. The van der Waals surface area contributed by atoms with E-state index in [9.17, 15) is 4.79 Å². The van der Waals surface area contributed by atoms with Gasteiger partial charge >= 0.3 is 0 Å². The summed E-state index contributed by atoms with van der Waals surface area (Å²) in [6.45, 7) is 0. The van der Waals surface area contributed by atoms with Gasteiger partial charge in [0, 0.05) is 8.45 Å². The maximum Gasteiger partial charge on any atom is 0.282 e. The fourth-order valence-corrected chi connectivity index (χ4v) is 4.48. The number of benzene rings is 1. The third-order valence-electron chi connectivity index (χ3n) is 4.06. The van der Waals surface area contributed by atoms with E-state index in [-0.39, 0.29) is 5.56 Å². The highest BCUT2D eigenvalue weighted by atomic mass is 127. The predicted molar refractivity (Wildman–Crippen MR) is 103 cm³/mol. The van der Waals surface area contributed by atoms with E-state index in [0.717, 1.165) is 35.0 Å². The summed E-state index contributed by atoms with van der Waals surface area (Å²) in [5.74, 6) is 0. The van der Waals surface area contributed by atoms with Gasteiger partial charge in [-0.25, -0.2) is 4.98 Å². The number of nitrogens with zero attached hydrogens (tertiary/aromatic N) is 3. The maximum absolute atomic E-state index is 12.8. The molecule has 0 N–H and O–H groups in total. The highest BCUT2D eigenvalue weighted by molar-refractivity contribution is 14.1. The van der Waals surface area contributed by atoms with Crippen LogP contribution in [0.25, 0.3) is 10.2 Å². The minimum atomic E-state index is -0.0591. The maximum atomic E-state index is 12.8. The van der Waals surface area contributed by atoms with Gasteiger partial charge in [0.1, 0.15) is 11.2 Å². The summed E-state index contributed by atoms with van der Waals surface area (Å²) in [5.41, 5.74) is 2.11. The van der Waals surface area contributed by atoms with Gasteiger partial charge in [-0.1, -0.05) is 12.1 Å². The van der Waals surface area contributed by atoms with Gasteiger partial charge in [-0.2, -0.15) is 9.78 Å². The van der Waals surface area contributed by atoms with Crippen LogP contribution in [0, 0.1) is 3.57 Å². The van der Waals surface area contributed by atoms with Gasteiger partial charge in [-0.3, -0.25) is 4.79 Å². The monoisotopic (exact) mass is 435 g/mol. The smallest absolute Gasteiger partial charge is 0.267 e. The molecule has 1 aliphatic rings. The van der Waals surface area contributed by atoms with E-state index in [0.29, 0.717) is 0 Å². The van der Waals surface area contributed by atoms with Crippen molar-refractivity contribution in [2.75, 3.05) is 0 Å². The number of fused-ring (bicyclic) bond motifs is 3. The van der Waals surface area contributed by atoms with Gasteiger partial charge in [0.2, 0.25) is 0 Å². The summed E-state index contributed by atoms with van der Waals surface area (Å²) >= 11 is 3.92. The van der Waals surface area contributed by atoms with E-state index in [1.807, 2.05) is 24.3 Å². The molecule has 4 rings (SSSR count). The molecule has 0 atom stereocenters. The van der Waals surface area contributed by atoms with Crippen LogP contribution in [0.4, 0.5) is 0 Å². The molecule has 0 saturated carbocycles. The lowest BCUT2D eigenvalue weighted by atomic mass is 9.97. The Labute approximate surface area is 151 Å². The first-order chi connectivity index (χ1) is 11.2. The first-order valence-corrected chi connectivity index (χ1v) is 9.44. The molecule has 0 fully saturated rings. The van der Waals surface area contributed by atoms with Crippen LogP contribution in [0.1, 0.15) is 28.8 Å². The highest BCUT2D eigenvalue weighted by Gasteiger charge is 2.19. The Morgan fingerprint density at radius 2 is 2.00 bits per heavy atom. The summed E-state index contributed by atoms with van der Waals surface area (Å²) in [4.78, 5) is 19.4. The van der Waals surface area contributed by atoms with Crippen LogP contribution >= 0.6 is 33.9 Å². The molecule has 116 valence electrons. The van der Waals surface area contributed by atoms with Crippen LogP contribution in [-0.4, -0.2) is 15.9 Å². The number of aromatic nitrogens is 2. The van der Waals surface area contributed by atoms with Crippen molar-refractivity contribution in [3.63, 3.8) is 0 Å². The molecule has 2 heterocycles. The molecule has 1 aliphatic carbocycles. The molecule has 0 unspecified atom stereocenters. The van der Waals surface area contributed by atoms with Gasteiger partial charge in [0.05, 0.1) is 11.6 Å². The summed E-state index contributed by atoms with van der Waals surface area (Å²) in [6.07, 6.45) is 7.64. The van der Waals surface area contributed by atoms with Crippen molar-refractivity contribution in [2.24, 2.45) is 5.10 Å². The Kier molecular flexibility index (Phi) is 4.02. The van der Waals surface area contributed by atoms with Crippen molar-refractivity contribution in [1.82, 2.24) is 9.66 Å². The average molecular weight is 435 g/mol. The zero-order chi connectivity index (χ0) is 15.8. The number of halogens is 1. The zero-order valence-corrected chi connectivity index (χ0v) is 15.3. The first-order valence-electron chi connectivity index (χ1n) is 7.54. The van der Waals surface area contributed by atoms with Crippen molar-refractivity contribution in [1.29, 1.82) is 0 Å². The van der Waals surface area contributed by atoms with Crippen molar-refractivity contribution in [2.45, 2.75) is 25.7 Å². The van der Waals surface area contributed by atoms with Gasteiger partial charge < -0.3 is 0 Å². The zero-order valence-electron chi connectivity index (χ0n) is 12.3. The summed E-state index contributed by atoms with van der Waals surface area (Å²) < 4.78 is 2.52. The van der Waals surface area contributed by atoms with Gasteiger partial charge in [0.15, 0.2) is 0 Å². The Morgan fingerprint density at radius 1 is 1.22 bits per heavy atom. The Morgan fingerprint density at radius 3 is 2.83 bits per heavy atom. The van der Waals surface area contributed by atoms with Gasteiger partial charge in [-0.05, 0) is 71.5 Å². The van der Waals surface area contributed by atoms with E-state index in [4.69, 9.17) is 0 Å². The lowest BCUT2D eigenvalue weighted by Crippen LogP contribution is -2.18. The van der Waals surface area contributed by atoms with E-state index < -0.39 is 0 Å². The van der Waals surface area contributed by atoms with Gasteiger partial charge in [-0.15, -0.1) is 11.3 Å². The second-order valence-electron chi connectivity index (χ2n) is 5.58. The van der Waals surface area contributed by atoms with Crippen LogP contribution < -0.4 is 5.56 Å². The molecule has 0 saturated heterocycles. The average Bonchev–Trinajstić information content (AvgIpc) is 2.95. The SMILES string of the molecule is O=c1c2c3c(sc2ncn1/N=C\c1ccc(I)cc1)CCCC3. The molecule has 6 heteroatoms. The molecular weight excluding hydrogens is 421 g/mol. The Bertz CT molecular complexity index is 956. The minimum Gasteiger partial charge on any atom is -0.267 e. The normalized spacial score (nSPS) is 14.5. The molecule has 0 amide bonds. The van der Waals surface area contributed by atoms with E-state index in [2.05, 4.69) is 32.7 Å². The highest BCUT2D eigenvalue weighted by Crippen LogP contribution is 2.33. The molecule has 2 aromatic heterocycles. The number of hydrogen-bond donors (Lipinski definition) is 0. The van der Waals surface area contributed by atoms with Crippen molar-refractivity contribution >= 4 is 50.4 Å². The molecule has 3 aromatic rings. The number of thiophene rings is 1. The van der Waals surface area contributed by atoms with Crippen LogP contribution in [0.2, 0.25) is 0 Å². The van der Waals surface area contributed by atoms with Crippen LogP contribution in [0.5, 0.6) is 0 Å². The third-order valence-corrected chi connectivity index (χ3v) is 5.98. The minimum absolute atomic E-state index is 0.0591. The summed E-state index contributed by atoms with van der Waals surface area (Å²) in [6, 6.07) is 7.99. The summed E-state index contributed by atoms with van der Waals surface area (Å²) in [7, 11) is 0. The molecule has 0 spiro atoms. The van der Waals surface area contributed by atoms with Crippen molar-refractivity contribution in [3.8, 4) is 0 Å². The molecule has 23 heavy (non-hydrogen) atoms. The standard InChI is InChI=1S/C17H14IN3OS/c18-12-7-5-11(6-8-12)9-20-21-10-19-16-15(17(21)22)13-3-1-2-4-14(13)23-16/h5-10H,1-4H2/b20-9-. The second-order valence-corrected chi connectivity index (χ2v) is 7.91. The van der Waals surface area contributed by atoms with E-state index in [1.54, 1.807) is 17.6 Å². The van der Waals surface area contributed by atoms with Crippen LogP contribution in [-0.2, 0) is 12.8 Å². The van der Waals surface area contributed by atoms with Crippen molar-refractivity contribution < 1.29 is 0 Å². The van der Waals surface area contributed by atoms with Crippen LogP contribution in [0.3, 0.4) is 0 Å². The second kappa shape index (κ2) is 6.16. The Hall–Kier alpha value is -1.54. The number of hydrogen-bond acceptors (Lipinski definition) is 4. The number of rotatable bonds is 2. The molecule has 0 aliphatic heterocycles. The van der Waals surface area contributed by atoms with E-state index in [1.165, 1.54) is 31.4 Å². The summed E-state index contributed by atoms with van der Waals surface area (Å²) in [5, 5.41) is 5.07. The lowest BCUT2D eigenvalue weighted by molar-refractivity contribution is 0.699. The Balaban J connectivity index is 1.77. The fraction of sp³-hybridized carbons (Fsp3) is 0.235. The molecule has 4 nitrogen and oxygen atoms in total. The topological polar surface area (TPSA) is 47.2 Å². The largest absolute Gasteiger partial charge is 0.282 e. The van der Waals surface area contributed by atoms with Gasteiger partial charge in [0.25, 0.3) is 5.56 Å². The number of aryl methyl sites for hydroxylation is 2. The lowest BCUT2D eigenvalue weighted by Gasteiger charge is -2.09. The van der Waals surface area contributed by atoms with E-state index >= 15 is 0 Å². The third kappa shape index (κ3) is 2.85. The molecule has 1 aromatic carbocycles. The van der Waals surface area contributed by atoms with Crippen molar-refractivity contribution in [3.05, 3.63) is 60.5 Å². The fourth-order valence-electron chi connectivity index (χ4n) is 2.90. The van der Waals surface area contributed by atoms with Crippen LogP contribution in [0.15, 0.2) is 40.5 Å². The molecule has 0 bridgehead atoms. The molecule has 0 radical (unpaired) electrons.